The van der Waals surface area contributed by atoms with Crippen molar-refractivity contribution in [3.63, 3.8) is 0 Å². The van der Waals surface area contributed by atoms with E-state index in [0.717, 1.165) is 4.57 Å². The van der Waals surface area contributed by atoms with Crippen LogP contribution in [-0.4, -0.2) is 21.1 Å². The molecule has 2 aromatic rings. The van der Waals surface area contributed by atoms with Crippen molar-refractivity contribution in [1.29, 1.82) is 0 Å². The summed E-state index contributed by atoms with van der Waals surface area (Å²) in [4.78, 5) is 41.4. The van der Waals surface area contributed by atoms with Gasteiger partial charge < -0.3 is 5.73 Å². The Bertz CT molecular complexity index is 965. The van der Waals surface area contributed by atoms with Crippen LogP contribution >= 0.6 is 0 Å². The number of ketones is 2. The number of fused-ring (bicyclic) bond motifs is 1. The van der Waals surface area contributed by atoms with Crippen LogP contribution < -0.4 is 11.3 Å². The molecule has 1 aliphatic rings. The predicted molar refractivity (Wildman–Crippen MR) is 82.7 cm³/mol. The van der Waals surface area contributed by atoms with Gasteiger partial charge in [-0.25, -0.2) is 4.98 Å². The lowest BCUT2D eigenvalue weighted by Gasteiger charge is -2.34. The summed E-state index contributed by atoms with van der Waals surface area (Å²) in [7, 11) is 0. The molecule has 114 valence electrons. The monoisotopic (exact) mass is 302 g/mol. The van der Waals surface area contributed by atoms with Gasteiger partial charge in [-0.15, -0.1) is 0 Å². The quantitative estimate of drug-likeness (QED) is 0.633. The zero-order chi connectivity index (χ0) is 18.6. The molecule has 0 saturated heterocycles. The molecule has 2 N–H and O–H groups in total. The average Bonchev–Trinajstić information content (AvgIpc) is 2.50. The molecule has 0 amide bonds. The third kappa shape index (κ3) is 1.94. The highest BCUT2D eigenvalue weighted by atomic mass is 16.2. The molecule has 6 heteroatoms. The maximum atomic E-state index is 13.1. The van der Waals surface area contributed by atoms with Crippen LogP contribution in [0.1, 0.15) is 36.1 Å². The third-order valence-corrected chi connectivity index (χ3v) is 4.27. The first-order valence-corrected chi connectivity index (χ1v) is 6.93. The standard InChI is InChI=1S/C16H17N3O3/c1-9-18-12-5-3-4-11(17)14(12)15(22)19(9)16(2)7-6-10(20)8-13(16)21/h3-5H,6-8,17H2,1-2H3/t16-/m1/s1/i1D3. The zero-order valence-electron chi connectivity index (χ0n) is 15.0. The van der Waals surface area contributed by atoms with Crippen molar-refractivity contribution >= 4 is 28.2 Å². The summed E-state index contributed by atoms with van der Waals surface area (Å²) in [5.41, 5.74) is 4.07. The molecule has 1 saturated carbocycles. The molecule has 1 aromatic heterocycles. The maximum absolute atomic E-state index is 13.1. The summed E-state index contributed by atoms with van der Waals surface area (Å²) in [6, 6.07) is 4.59. The Morgan fingerprint density at radius 3 is 2.82 bits per heavy atom. The van der Waals surface area contributed by atoms with E-state index < -0.39 is 29.6 Å². The Labute approximate surface area is 131 Å². The lowest BCUT2D eigenvalue weighted by molar-refractivity contribution is -0.136. The fourth-order valence-corrected chi connectivity index (χ4v) is 2.93. The van der Waals surface area contributed by atoms with Gasteiger partial charge in [0.1, 0.15) is 17.1 Å². The lowest BCUT2D eigenvalue weighted by Crippen LogP contribution is -2.49. The number of carbonyl (C=O) groups excluding carboxylic acids is 2. The molecular weight excluding hydrogens is 282 g/mol. The summed E-state index contributed by atoms with van der Waals surface area (Å²) < 4.78 is 24.2. The summed E-state index contributed by atoms with van der Waals surface area (Å²) >= 11 is 0. The van der Waals surface area contributed by atoms with Crippen molar-refractivity contribution < 1.29 is 13.7 Å². The van der Waals surface area contributed by atoms with E-state index in [9.17, 15) is 14.4 Å². The van der Waals surface area contributed by atoms with E-state index in [1.807, 2.05) is 0 Å². The van der Waals surface area contributed by atoms with Crippen LogP contribution in [0.4, 0.5) is 5.69 Å². The number of anilines is 1. The van der Waals surface area contributed by atoms with E-state index in [-0.39, 0.29) is 41.6 Å². The van der Waals surface area contributed by atoms with Crippen LogP contribution in [0.5, 0.6) is 0 Å². The number of hydrogen-bond donors (Lipinski definition) is 1. The number of carbonyl (C=O) groups is 2. The van der Waals surface area contributed by atoms with Crippen LogP contribution in [0, 0.1) is 6.85 Å². The van der Waals surface area contributed by atoms with Gasteiger partial charge in [-0.3, -0.25) is 19.0 Å². The number of aromatic nitrogens is 2. The zero-order valence-corrected chi connectivity index (χ0v) is 12.0. The van der Waals surface area contributed by atoms with Gasteiger partial charge >= 0.3 is 0 Å². The summed E-state index contributed by atoms with van der Waals surface area (Å²) in [6.07, 6.45) is -0.184. The minimum absolute atomic E-state index is 0.0492. The molecule has 1 aliphatic carbocycles. The van der Waals surface area contributed by atoms with Crippen LogP contribution in [0.15, 0.2) is 23.0 Å². The summed E-state index contributed by atoms with van der Waals surface area (Å²) in [6.45, 7) is -1.23. The minimum atomic E-state index is -2.71. The van der Waals surface area contributed by atoms with Gasteiger partial charge in [-0.05, 0) is 32.3 Å². The Balaban J connectivity index is 2.42. The molecule has 6 nitrogen and oxygen atoms in total. The average molecular weight is 302 g/mol. The number of aryl methyl sites for hydroxylation is 1. The fraction of sp³-hybridized carbons (Fsp3) is 0.375. The number of benzene rings is 1. The second kappa shape index (κ2) is 4.76. The van der Waals surface area contributed by atoms with Gasteiger partial charge in [0.25, 0.3) is 5.56 Å². The van der Waals surface area contributed by atoms with Crippen LogP contribution in [0.3, 0.4) is 0 Å². The number of nitrogen functional groups attached to an aromatic ring is 1. The van der Waals surface area contributed by atoms with E-state index in [4.69, 9.17) is 9.85 Å². The lowest BCUT2D eigenvalue weighted by atomic mass is 9.81. The van der Waals surface area contributed by atoms with Gasteiger partial charge in [0.2, 0.25) is 0 Å². The van der Waals surface area contributed by atoms with Gasteiger partial charge in [0.05, 0.1) is 17.3 Å². The Hall–Kier alpha value is -2.50. The molecule has 22 heavy (non-hydrogen) atoms. The predicted octanol–water partition coefficient (Wildman–Crippen LogP) is 1.32. The molecule has 1 atom stereocenters. The summed E-state index contributed by atoms with van der Waals surface area (Å²) in [5.74, 6) is -1.19. The van der Waals surface area contributed by atoms with Gasteiger partial charge in [-0.1, -0.05) is 6.07 Å². The smallest absolute Gasteiger partial charge is 0.264 e. The molecular formula is C16H17N3O3. The SMILES string of the molecule is [2H]C([2H])([2H])c1nc2cccc(N)c2c(=O)n1[C@]1(C)CCC(=O)CC1=O. The molecule has 0 spiro atoms. The van der Waals surface area contributed by atoms with E-state index in [1.165, 1.54) is 19.1 Å². The molecule has 3 rings (SSSR count). The second-order valence-corrected chi connectivity index (χ2v) is 5.73. The van der Waals surface area contributed by atoms with Crippen molar-refractivity contribution in [1.82, 2.24) is 9.55 Å². The molecule has 1 fully saturated rings. The topological polar surface area (TPSA) is 95.0 Å². The number of rotatable bonds is 1. The Kier molecular flexibility index (Phi) is 2.41. The van der Waals surface area contributed by atoms with Crippen molar-refractivity contribution in [3.8, 4) is 0 Å². The molecule has 0 unspecified atom stereocenters. The van der Waals surface area contributed by atoms with Gasteiger partial charge in [0, 0.05) is 16.2 Å². The first kappa shape index (κ1) is 11.1. The molecule has 1 heterocycles. The minimum Gasteiger partial charge on any atom is -0.398 e. The highest BCUT2D eigenvalue weighted by molar-refractivity contribution is 6.05. The largest absolute Gasteiger partial charge is 0.398 e. The molecule has 1 aromatic carbocycles. The van der Waals surface area contributed by atoms with E-state index in [2.05, 4.69) is 4.98 Å². The molecule has 0 radical (unpaired) electrons. The van der Waals surface area contributed by atoms with Crippen molar-refractivity contribution in [2.45, 2.75) is 38.6 Å². The normalized spacial score (nSPS) is 24.9. The Morgan fingerprint density at radius 2 is 2.14 bits per heavy atom. The number of nitrogens with two attached hydrogens (primary N) is 1. The van der Waals surface area contributed by atoms with Gasteiger partial charge in [-0.2, -0.15) is 0 Å². The van der Waals surface area contributed by atoms with Crippen molar-refractivity contribution in [3.05, 3.63) is 34.4 Å². The van der Waals surface area contributed by atoms with E-state index in [1.54, 1.807) is 6.07 Å². The Morgan fingerprint density at radius 1 is 1.36 bits per heavy atom. The third-order valence-electron chi connectivity index (χ3n) is 4.27. The highest BCUT2D eigenvalue weighted by Gasteiger charge is 2.41. The second-order valence-electron chi connectivity index (χ2n) is 5.73. The van der Waals surface area contributed by atoms with E-state index in [0.29, 0.717) is 0 Å². The first-order valence-electron chi connectivity index (χ1n) is 8.43. The van der Waals surface area contributed by atoms with Crippen LogP contribution in [0.2, 0.25) is 0 Å². The van der Waals surface area contributed by atoms with Gasteiger partial charge in [0.15, 0.2) is 5.78 Å². The van der Waals surface area contributed by atoms with E-state index >= 15 is 0 Å². The molecule has 0 aliphatic heterocycles. The number of nitrogens with zero attached hydrogens (tertiary/aromatic N) is 2. The van der Waals surface area contributed by atoms with Crippen molar-refractivity contribution in [2.75, 3.05) is 5.73 Å². The summed E-state index contributed by atoms with van der Waals surface area (Å²) in [5, 5.41) is 0.0708. The first-order chi connectivity index (χ1) is 11.6. The number of Topliss-reactive ketones (excluding diaryl/α,β-unsaturated/α-hetero) is 2. The van der Waals surface area contributed by atoms with Crippen LogP contribution in [-0.2, 0) is 15.1 Å². The van der Waals surface area contributed by atoms with Crippen LogP contribution in [0.25, 0.3) is 10.9 Å². The number of hydrogen-bond acceptors (Lipinski definition) is 5. The van der Waals surface area contributed by atoms with Crippen molar-refractivity contribution in [2.24, 2.45) is 0 Å². The maximum Gasteiger partial charge on any atom is 0.264 e. The highest BCUT2D eigenvalue weighted by Crippen LogP contribution is 2.30. The molecule has 0 bridgehead atoms. The fourth-order valence-electron chi connectivity index (χ4n) is 2.93.